The second kappa shape index (κ2) is 6.50. The molecule has 96 valence electrons. The van der Waals surface area contributed by atoms with Crippen molar-refractivity contribution in [2.24, 2.45) is 0 Å². The molecular formula is C15H18BrNS. The zero-order valence-electron chi connectivity index (χ0n) is 10.7. The van der Waals surface area contributed by atoms with Crippen LogP contribution in [0.5, 0.6) is 0 Å². The summed E-state index contributed by atoms with van der Waals surface area (Å²) in [5.74, 6) is 0. The van der Waals surface area contributed by atoms with Gasteiger partial charge in [0.15, 0.2) is 0 Å². The number of halogens is 1. The summed E-state index contributed by atoms with van der Waals surface area (Å²) in [5.41, 5.74) is 1.31. The summed E-state index contributed by atoms with van der Waals surface area (Å²) in [6.45, 7) is 4.44. The quantitative estimate of drug-likeness (QED) is 0.785. The first-order valence-electron chi connectivity index (χ1n) is 6.26. The minimum Gasteiger partial charge on any atom is -0.303 e. The van der Waals surface area contributed by atoms with E-state index in [0.717, 1.165) is 6.42 Å². The molecule has 0 fully saturated rings. The Labute approximate surface area is 121 Å². The van der Waals surface area contributed by atoms with Crippen LogP contribution in [0.2, 0.25) is 0 Å². The van der Waals surface area contributed by atoms with Crippen molar-refractivity contribution < 1.29 is 0 Å². The molecule has 1 aromatic heterocycles. The highest BCUT2D eigenvalue weighted by Gasteiger charge is 2.15. The normalized spacial score (nSPS) is 14.4. The van der Waals surface area contributed by atoms with E-state index in [2.05, 4.69) is 76.9 Å². The fourth-order valence-corrected chi connectivity index (χ4v) is 3.61. The van der Waals surface area contributed by atoms with Crippen LogP contribution in [0.4, 0.5) is 0 Å². The lowest BCUT2D eigenvalue weighted by atomic mass is 10.1. The van der Waals surface area contributed by atoms with Gasteiger partial charge in [0, 0.05) is 21.4 Å². The van der Waals surface area contributed by atoms with Gasteiger partial charge in [-0.3, -0.25) is 0 Å². The highest BCUT2D eigenvalue weighted by Crippen LogP contribution is 2.28. The maximum atomic E-state index is 3.71. The molecule has 18 heavy (non-hydrogen) atoms. The number of nitrogens with one attached hydrogen (secondary N) is 1. The standard InChI is InChI=1S/C15H18BrNS/c1-3-14(15-9-6-10-18-15)17-11(2)12-7-4-5-8-13(12)16/h4-11,14,17H,3H2,1-2H3/t11-,14?/m0/s1. The van der Waals surface area contributed by atoms with Gasteiger partial charge in [0.1, 0.15) is 0 Å². The number of thiophene rings is 1. The summed E-state index contributed by atoms with van der Waals surface area (Å²) in [6.07, 6.45) is 1.11. The van der Waals surface area contributed by atoms with Crippen molar-refractivity contribution in [2.45, 2.75) is 32.4 Å². The van der Waals surface area contributed by atoms with Gasteiger partial charge < -0.3 is 5.32 Å². The zero-order chi connectivity index (χ0) is 13.0. The van der Waals surface area contributed by atoms with Crippen molar-refractivity contribution in [3.05, 3.63) is 56.7 Å². The van der Waals surface area contributed by atoms with Crippen LogP contribution >= 0.6 is 27.3 Å². The van der Waals surface area contributed by atoms with Crippen molar-refractivity contribution >= 4 is 27.3 Å². The molecule has 3 heteroatoms. The van der Waals surface area contributed by atoms with Gasteiger partial charge in [-0.05, 0) is 36.4 Å². The first kappa shape index (κ1) is 13.8. The van der Waals surface area contributed by atoms with Crippen LogP contribution in [0.25, 0.3) is 0 Å². The third-order valence-corrected chi connectivity index (χ3v) is 4.83. The maximum Gasteiger partial charge on any atom is 0.0416 e. The Morgan fingerprint density at radius 1 is 1.22 bits per heavy atom. The predicted octanol–water partition coefficient (Wildman–Crippen LogP) is 5.31. The van der Waals surface area contributed by atoms with E-state index < -0.39 is 0 Å². The van der Waals surface area contributed by atoms with E-state index in [0.29, 0.717) is 12.1 Å². The van der Waals surface area contributed by atoms with Gasteiger partial charge in [0.2, 0.25) is 0 Å². The van der Waals surface area contributed by atoms with Crippen LogP contribution in [0.1, 0.15) is 42.8 Å². The molecule has 2 aromatic rings. The van der Waals surface area contributed by atoms with E-state index >= 15 is 0 Å². The zero-order valence-corrected chi connectivity index (χ0v) is 13.1. The van der Waals surface area contributed by atoms with Gasteiger partial charge in [-0.25, -0.2) is 0 Å². The van der Waals surface area contributed by atoms with Crippen molar-refractivity contribution in [2.75, 3.05) is 0 Å². The molecule has 0 spiro atoms. The molecule has 1 unspecified atom stereocenters. The highest BCUT2D eigenvalue weighted by atomic mass is 79.9. The average molecular weight is 324 g/mol. The second-order valence-electron chi connectivity index (χ2n) is 4.39. The lowest BCUT2D eigenvalue weighted by Crippen LogP contribution is -2.23. The van der Waals surface area contributed by atoms with Gasteiger partial charge in [0.25, 0.3) is 0 Å². The minimum atomic E-state index is 0.340. The lowest BCUT2D eigenvalue weighted by molar-refractivity contribution is 0.461. The highest BCUT2D eigenvalue weighted by molar-refractivity contribution is 9.10. The lowest BCUT2D eigenvalue weighted by Gasteiger charge is -2.22. The molecule has 1 nitrogen and oxygen atoms in total. The Hall–Kier alpha value is -0.640. The topological polar surface area (TPSA) is 12.0 Å². The molecule has 0 amide bonds. The predicted molar refractivity (Wildman–Crippen MR) is 83.0 cm³/mol. The first-order chi connectivity index (χ1) is 8.72. The molecule has 0 aliphatic carbocycles. The number of benzene rings is 1. The monoisotopic (exact) mass is 323 g/mol. The molecule has 2 rings (SSSR count). The Morgan fingerprint density at radius 2 is 2.00 bits per heavy atom. The molecular weight excluding hydrogens is 306 g/mol. The van der Waals surface area contributed by atoms with Crippen LogP contribution in [0.3, 0.4) is 0 Å². The Balaban J connectivity index is 2.11. The van der Waals surface area contributed by atoms with Crippen LogP contribution in [-0.2, 0) is 0 Å². The van der Waals surface area contributed by atoms with E-state index in [-0.39, 0.29) is 0 Å². The van der Waals surface area contributed by atoms with Crippen LogP contribution in [-0.4, -0.2) is 0 Å². The summed E-state index contributed by atoms with van der Waals surface area (Å²) >= 11 is 5.44. The van der Waals surface area contributed by atoms with Crippen molar-refractivity contribution in [3.63, 3.8) is 0 Å². The van der Waals surface area contributed by atoms with E-state index in [1.165, 1.54) is 14.9 Å². The SMILES string of the molecule is CCC(N[C@@H](C)c1ccccc1Br)c1cccs1. The van der Waals surface area contributed by atoms with Gasteiger partial charge in [-0.1, -0.05) is 47.1 Å². The smallest absolute Gasteiger partial charge is 0.0416 e. The average Bonchev–Trinajstić information content (AvgIpc) is 2.90. The summed E-state index contributed by atoms with van der Waals surface area (Å²) in [7, 11) is 0. The molecule has 0 radical (unpaired) electrons. The second-order valence-corrected chi connectivity index (χ2v) is 6.22. The summed E-state index contributed by atoms with van der Waals surface area (Å²) in [6, 6.07) is 13.5. The Kier molecular flexibility index (Phi) is 4.98. The van der Waals surface area contributed by atoms with Crippen molar-refractivity contribution in [1.82, 2.24) is 5.32 Å². The van der Waals surface area contributed by atoms with Crippen molar-refractivity contribution in [1.29, 1.82) is 0 Å². The van der Waals surface area contributed by atoms with E-state index in [1.807, 2.05) is 11.3 Å². The largest absolute Gasteiger partial charge is 0.303 e. The van der Waals surface area contributed by atoms with Crippen molar-refractivity contribution in [3.8, 4) is 0 Å². The summed E-state index contributed by atoms with van der Waals surface area (Å²) in [4.78, 5) is 1.41. The Bertz CT molecular complexity index is 481. The van der Waals surface area contributed by atoms with E-state index in [1.54, 1.807) is 0 Å². The molecule has 0 aliphatic heterocycles. The maximum absolute atomic E-state index is 3.71. The van der Waals surface area contributed by atoms with Crippen LogP contribution in [0.15, 0.2) is 46.3 Å². The minimum absolute atomic E-state index is 0.340. The Morgan fingerprint density at radius 3 is 2.61 bits per heavy atom. The summed E-state index contributed by atoms with van der Waals surface area (Å²) < 4.78 is 1.17. The molecule has 0 bridgehead atoms. The molecule has 2 atom stereocenters. The number of rotatable bonds is 5. The van der Waals surface area contributed by atoms with Crippen LogP contribution < -0.4 is 5.32 Å². The number of hydrogen-bond donors (Lipinski definition) is 1. The van der Waals surface area contributed by atoms with E-state index in [9.17, 15) is 0 Å². The molecule has 0 aliphatic rings. The van der Waals surface area contributed by atoms with Gasteiger partial charge in [0.05, 0.1) is 0 Å². The molecule has 1 N–H and O–H groups in total. The fraction of sp³-hybridized carbons (Fsp3) is 0.333. The number of hydrogen-bond acceptors (Lipinski definition) is 2. The van der Waals surface area contributed by atoms with Gasteiger partial charge in [-0.15, -0.1) is 11.3 Å². The van der Waals surface area contributed by atoms with Crippen LogP contribution in [0, 0.1) is 0 Å². The summed E-state index contributed by atoms with van der Waals surface area (Å²) in [5, 5.41) is 5.85. The molecule has 0 saturated heterocycles. The first-order valence-corrected chi connectivity index (χ1v) is 7.93. The third kappa shape index (κ3) is 3.22. The molecule has 1 heterocycles. The van der Waals surface area contributed by atoms with Gasteiger partial charge >= 0.3 is 0 Å². The molecule has 0 saturated carbocycles. The van der Waals surface area contributed by atoms with Gasteiger partial charge in [-0.2, -0.15) is 0 Å². The molecule has 1 aromatic carbocycles. The third-order valence-electron chi connectivity index (χ3n) is 3.12. The van der Waals surface area contributed by atoms with E-state index in [4.69, 9.17) is 0 Å². The fourth-order valence-electron chi connectivity index (χ4n) is 2.11.